The first kappa shape index (κ1) is 23.6. The Morgan fingerprint density at radius 2 is 1.79 bits per heavy atom. The molecule has 8 heteroatoms. The zero-order valence-corrected chi connectivity index (χ0v) is 19.1. The van der Waals surface area contributed by atoms with Crippen LogP contribution in [0, 0.1) is 0 Å². The van der Waals surface area contributed by atoms with Crippen LogP contribution in [0.25, 0.3) is 0 Å². The van der Waals surface area contributed by atoms with E-state index < -0.39 is 10.0 Å². The molecule has 29 heavy (non-hydrogen) atoms. The molecule has 0 unspecified atom stereocenters. The van der Waals surface area contributed by atoms with Crippen molar-refractivity contribution in [1.82, 2.24) is 19.8 Å². The maximum absolute atomic E-state index is 12.6. The van der Waals surface area contributed by atoms with Crippen LogP contribution in [0.3, 0.4) is 0 Å². The van der Waals surface area contributed by atoms with E-state index in [1.165, 1.54) is 36.7 Å². The van der Waals surface area contributed by atoms with Crippen LogP contribution >= 0.6 is 0 Å². The lowest BCUT2D eigenvalue weighted by Crippen LogP contribution is -2.42. The highest BCUT2D eigenvalue weighted by molar-refractivity contribution is 7.89. The second-order valence-corrected chi connectivity index (χ2v) is 9.78. The molecule has 1 aromatic rings. The van der Waals surface area contributed by atoms with Gasteiger partial charge in [0.1, 0.15) is 0 Å². The van der Waals surface area contributed by atoms with Crippen molar-refractivity contribution < 1.29 is 8.42 Å². The predicted molar refractivity (Wildman–Crippen MR) is 120 cm³/mol. The van der Waals surface area contributed by atoms with Crippen LogP contribution in [0.2, 0.25) is 0 Å². The number of rotatable bonds is 9. The minimum Gasteiger partial charge on any atom is -0.357 e. The third-order valence-electron chi connectivity index (χ3n) is 5.26. The molecule has 7 nitrogen and oxygen atoms in total. The first-order valence-electron chi connectivity index (χ1n) is 10.7. The molecule has 2 N–H and O–H groups in total. The van der Waals surface area contributed by atoms with E-state index >= 15 is 0 Å². The summed E-state index contributed by atoms with van der Waals surface area (Å²) in [7, 11) is -1.84. The summed E-state index contributed by atoms with van der Waals surface area (Å²) < 4.78 is 26.5. The van der Waals surface area contributed by atoms with Crippen molar-refractivity contribution in [2.45, 2.75) is 57.5 Å². The van der Waals surface area contributed by atoms with Gasteiger partial charge >= 0.3 is 0 Å². The molecule has 0 radical (unpaired) electrons. The zero-order valence-electron chi connectivity index (χ0n) is 18.3. The van der Waals surface area contributed by atoms with Crippen molar-refractivity contribution in [2.75, 3.05) is 39.8 Å². The number of guanidine groups is 1. The number of hydrogen-bond acceptors (Lipinski definition) is 4. The number of nitrogens with one attached hydrogen (secondary N) is 2. The number of piperidine rings is 1. The fourth-order valence-corrected chi connectivity index (χ4v) is 4.61. The number of nitrogens with zero attached hydrogens (tertiary/aromatic N) is 3. The summed E-state index contributed by atoms with van der Waals surface area (Å²) in [6.45, 7) is 11.3. The average Bonchev–Trinajstić information content (AvgIpc) is 2.72. The summed E-state index contributed by atoms with van der Waals surface area (Å²) in [4.78, 5) is 7.44. The molecule has 0 aromatic heterocycles. The summed E-state index contributed by atoms with van der Waals surface area (Å²) in [6, 6.07) is 6.91. The Morgan fingerprint density at radius 3 is 2.38 bits per heavy atom. The molecule has 0 amide bonds. The Balaban J connectivity index is 1.92. The molecule has 1 aliphatic rings. The Kier molecular flexibility index (Phi) is 9.39. The van der Waals surface area contributed by atoms with Crippen LogP contribution in [-0.2, 0) is 16.6 Å². The average molecular weight is 424 g/mol. The molecule has 1 fully saturated rings. The van der Waals surface area contributed by atoms with Crippen molar-refractivity contribution in [3.8, 4) is 0 Å². The zero-order chi connectivity index (χ0) is 21.3. The van der Waals surface area contributed by atoms with E-state index in [0.29, 0.717) is 11.4 Å². The first-order chi connectivity index (χ1) is 13.8. The summed E-state index contributed by atoms with van der Waals surface area (Å²) in [6.07, 6.45) is 3.95. The molecule has 164 valence electrons. The topological polar surface area (TPSA) is 77.0 Å². The summed E-state index contributed by atoms with van der Waals surface area (Å²) in [5.41, 5.74) is 0.976. The third kappa shape index (κ3) is 7.28. The third-order valence-corrected chi connectivity index (χ3v) is 7.31. The van der Waals surface area contributed by atoms with Crippen LogP contribution in [0.5, 0.6) is 0 Å². The van der Waals surface area contributed by atoms with E-state index in [0.717, 1.165) is 31.2 Å². The molecule has 1 heterocycles. The Hall–Kier alpha value is -1.64. The fraction of sp³-hybridized carbons (Fsp3) is 0.667. The van der Waals surface area contributed by atoms with E-state index in [1.807, 2.05) is 32.9 Å². The van der Waals surface area contributed by atoms with Gasteiger partial charge in [-0.1, -0.05) is 18.6 Å². The normalized spacial score (nSPS) is 16.4. The van der Waals surface area contributed by atoms with Crippen molar-refractivity contribution in [2.24, 2.45) is 4.99 Å². The Bertz CT molecular complexity index is 741. The standard InChI is InChI=1S/C21H37N5O2S/c1-5-22-21(23-13-16-26-14-7-6-8-15-26)24-17-19-9-11-20(12-10-19)29(27,28)25(4)18(2)3/h9-12,18H,5-8,13-17H2,1-4H3,(H2,22,23,24). The SMILES string of the molecule is CCNC(=NCc1ccc(S(=O)(=O)N(C)C(C)C)cc1)NCCN1CCCCC1. The smallest absolute Gasteiger partial charge is 0.243 e. The highest BCUT2D eigenvalue weighted by Crippen LogP contribution is 2.17. The number of hydrogen-bond donors (Lipinski definition) is 2. The second-order valence-electron chi connectivity index (χ2n) is 7.78. The predicted octanol–water partition coefficient (Wildman–Crippen LogP) is 2.26. The lowest BCUT2D eigenvalue weighted by atomic mass is 10.1. The molecule has 0 aliphatic carbocycles. The molecule has 0 spiro atoms. The van der Waals surface area contributed by atoms with Crippen molar-refractivity contribution in [1.29, 1.82) is 0 Å². The summed E-state index contributed by atoms with van der Waals surface area (Å²) in [5.74, 6) is 0.792. The Labute approximate surface area is 176 Å². The second kappa shape index (κ2) is 11.5. The molecular weight excluding hydrogens is 386 g/mol. The van der Waals surface area contributed by atoms with E-state index in [9.17, 15) is 8.42 Å². The van der Waals surface area contributed by atoms with Gasteiger partial charge in [-0.05, 0) is 64.4 Å². The van der Waals surface area contributed by atoms with Crippen LogP contribution in [0.1, 0.15) is 45.6 Å². The maximum atomic E-state index is 12.6. The van der Waals surface area contributed by atoms with Gasteiger partial charge in [-0.15, -0.1) is 0 Å². The largest absolute Gasteiger partial charge is 0.357 e. The van der Waals surface area contributed by atoms with Crippen LogP contribution in [0.4, 0.5) is 0 Å². The molecule has 1 saturated heterocycles. The monoisotopic (exact) mass is 423 g/mol. The molecule has 0 bridgehead atoms. The lowest BCUT2D eigenvalue weighted by molar-refractivity contribution is 0.232. The van der Waals surface area contributed by atoms with Crippen molar-refractivity contribution in [3.05, 3.63) is 29.8 Å². The number of aliphatic imine (C=N–C) groups is 1. The van der Waals surface area contributed by atoms with Gasteiger partial charge in [-0.25, -0.2) is 13.4 Å². The first-order valence-corrected chi connectivity index (χ1v) is 12.1. The molecular formula is C21H37N5O2S. The van der Waals surface area contributed by atoms with Gasteiger partial charge in [-0.3, -0.25) is 0 Å². The quantitative estimate of drug-likeness (QED) is 0.471. The van der Waals surface area contributed by atoms with Gasteiger partial charge in [0.15, 0.2) is 5.96 Å². The molecule has 1 aliphatic heterocycles. The van der Waals surface area contributed by atoms with Gasteiger partial charge in [0.25, 0.3) is 0 Å². The minimum absolute atomic E-state index is 0.0806. The fourth-order valence-electron chi connectivity index (χ4n) is 3.24. The van der Waals surface area contributed by atoms with Crippen molar-refractivity contribution in [3.63, 3.8) is 0 Å². The highest BCUT2D eigenvalue weighted by Gasteiger charge is 2.22. The number of sulfonamides is 1. The number of likely N-dealkylation sites (tertiary alicyclic amines) is 1. The van der Waals surface area contributed by atoms with E-state index in [2.05, 4.69) is 20.5 Å². The van der Waals surface area contributed by atoms with Gasteiger partial charge in [0.05, 0.1) is 11.4 Å². The van der Waals surface area contributed by atoms with Crippen LogP contribution in [-0.4, -0.2) is 69.4 Å². The van der Waals surface area contributed by atoms with Crippen LogP contribution in [0.15, 0.2) is 34.2 Å². The molecule has 0 saturated carbocycles. The van der Waals surface area contributed by atoms with Gasteiger partial charge in [0, 0.05) is 32.7 Å². The van der Waals surface area contributed by atoms with Crippen molar-refractivity contribution >= 4 is 16.0 Å². The van der Waals surface area contributed by atoms with E-state index in [-0.39, 0.29) is 6.04 Å². The van der Waals surface area contributed by atoms with E-state index in [1.54, 1.807) is 19.2 Å². The Morgan fingerprint density at radius 1 is 1.14 bits per heavy atom. The summed E-state index contributed by atoms with van der Waals surface area (Å²) in [5, 5.41) is 6.67. The molecule has 0 atom stereocenters. The van der Waals surface area contributed by atoms with Gasteiger partial charge in [0.2, 0.25) is 10.0 Å². The molecule has 2 rings (SSSR count). The number of benzene rings is 1. The lowest BCUT2D eigenvalue weighted by Gasteiger charge is -2.26. The molecule has 1 aromatic carbocycles. The summed E-state index contributed by atoms with van der Waals surface area (Å²) >= 11 is 0. The maximum Gasteiger partial charge on any atom is 0.243 e. The minimum atomic E-state index is -3.45. The van der Waals surface area contributed by atoms with Crippen LogP contribution < -0.4 is 10.6 Å². The van der Waals surface area contributed by atoms with Gasteiger partial charge in [-0.2, -0.15) is 4.31 Å². The van der Waals surface area contributed by atoms with Gasteiger partial charge < -0.3 is 15.5 Å². The highest BCUT2D eigenvalue weighted by atomic mass is 32.2. The van der Waals surface area contributed by atoms with E-state index in [4.69, 9.17) is 0 Å².